The minimum Gasteiger partial charge on any atom is -0.512 e. The van der Waals surface area contributed by atoms with Gasteiger partial charge in [0.05, 0.1) is 12.4 Å². The second kappa shape index (κ2) is 18.2. The zero-order chi connectivity index (χ0) is 36.6. The number of carbonyl (C=O) groups excluding carboxylic acids is 1. The van der Waals surface area contributed by atoms with E-state index >= 15 is 0 Å². The fourth-order valence-electron chi connectivity index (χ4n) is 6.44. The largest absolute Gasteiger partial charge is 0.512 e. The van der Waals surface area contributed by atoms with Crippen LogP contribution in [0.4, 0.5) is 4.39 Å². The number of fused-ring (bicyclic) bond motifs is 2. The Balaban J connectivity index is 0.000000374. The van der Waals surface area contributed by atoms with E-state index in [1.165, 1.54) is 17.0 Å². The zero-order valence-electron chi connectivity index (χ0n) is 31.8. The molecule has 0 unspecified atom stereocenters. The Hall–Kier alpha value is -3.60. The number of aliphatic hydroxyl groups excluding tert-OH is 1. The van der Waals surface area contributed by atoms with Crippen molar-refractivity contribution < 1.29 is 38.8 Å². The number of benzene rings is 3. The van der Waals surface area contributed by atoms with Crippen molar-refractivity contribution in [3.8, 4) is 22.6 Å². The van der Waals surface area contributed by atoms with E-state index in [0.29, 0.717) is 6.42 Å². The average Bonchev–Trinajstić information content (AvgIpc) is 3.54. The van der Waals surface area contributed by atoms with E-state index < -0.39 is 0 Å². The van der Waals surface area contributed by atoms with Gasteiger partial charge in [0.2, 0.25) is 0 Å². The molecule has 0 atom stereocenters. The van der Waals surface area contributed by atoms with Crippen molar-refractivity contribution in [2.24, 2.45) is 17.3 Å². The van der Waals surface area contributed by atoms with Gasteiger partial charge in [-0.05, 0) is 60.6 Å². The fourth-order valence-corrected chi connectivity index (χ4v) is 6.44. The maximum Gasteiger partial charge on any atom is 0.162 e. The molecule has 2 heterocycles. The molecule has 51 heavy (non-hydrogen) atoms. The van der Waals surface area contributed by atoms with E-state index in [4.69, 9.17) is 9.40 Å². The van der Waals surface area contributed by atoms with E-state index in [1.807, 2.05) is 72.0 Å². The van der Waals surface area contributed by atoms with Crippen molar-refractivity contribution in [3.63, 3.8) is 0 Å². The molecule has 1 radical (unpaired) electrons. The van der Waals surface area contributed by atoms with Gasteiger partial charge in [-0.3, -0.25) is 14.2 Å². The molecule has 2 aromatic heterocycles. The number of aliphatic hydroxyl groups is 1. The molecule has 5 rings (SSSR count). The number of allylic oxidation sites excluding steroid dienone is 2. The van der Waals surface area contributed by atoms with Crippen LogP contribution in [0.2, 0.25) is 0 Å². The first kappa shape index (κ1) is 41.8. The van der Waals surface area contributed by atoms with Gasteiger partial charge in [-0.1, -0.05) is 116 Å². The molecule has 275 valence electrons. The van der Waals surface area contributed by atoms with E-state index in [-0.39, 0.29) is 61.0 Å². The van der Waals surface area contributed by atoms with Gasteiger partial charge < -0.3 is 9.52 Å². The number of halogens is 1. The number of hydrogen-bond donors (Lipinski definition) is 1. The number of alkyl halides is 1. The Morgan fingerprint density at radius 1 is 0.902 bits per heavy atom. The molecule has 0 saturated heterocycles. The van der Waals surface area contributed by atoms with Crippen molar-refractivity contribution in [2.45, 2.75) is 99.8 Å². The fraction of sp³-hybridized carbons (Fsp3) is 0.422. The Morgan fingerprint density at radius 2 is 1.53 bits per heavy atom. The van der Waals surface area contributed by atoms with Gasteiger partial charge in [0.25, 0.3) is 0 Å². The molecule has 6 heteroatoms. The van der Waals surface area contributed by atoms with E-state index in [1.54, 1.807) is 0 Å². The Morgan fingerprint density at radius 3 is 2.12 bits per heavy atom. The third-order valence-electron chi connectivity index (χ3n) is 9.64. The third-order valence-corrected chi connectivity index (χ3v) is 9.64. The van der Waals surface area contributed by atoms with Gasteiger partial charge >= 0.3 is 0 Å². The van der Waals surface area contributed by atoms with Crippen molar-refractivity contribution in [2.75, 3.05) is 6.67 Å². The van der Waals surface area contributed by atoms with Gasteiger partial charge in [0.1, 0.15) is 11.3 Å². The molecular formula is C45H55FIrNO3-. The molecule has 5 aromatic rings. The number of nitrogens with zero attached hydrogens (tertiary/aromatic N) is 1. The monoisotopic (exact) mass is 869 g/mol. The minimum absolute atomic E-state index is 0. The number of pyridine rings is 1. The molecule has 0 spiro atoms. The predicted molar refractivity (Wildman–Crippen MR) is 207 cm³/mol. The first-order valence-corrected chi connectivity index (χ1v) is 18.2. The number of ketones is 1. The SMILES string of the molecule is CC(C)(CF)Cc1ccc(-c2cc3ccnc(-c4[c-]c5ccccc5c(C(C)(C)C)c4)c3o2)cc1.CCC(CC)C(=O)/C=C(\O)C(CC)CC.[Ir]. The molecule has 0 amide bonds. The summed E-state index contributed by atoms with van der Waals surface area (Å²) in [4.78, 5) is 16.4. The van der Waals surface area contributed by atoms with Crippen LogP contribution in [-0.4, -0.2) is 22.5 Å². The molecule has 0 aliphatic carbocycles. The van der Waals surface area contributed by atoms with Gasteiger partial charge in [-0.15, -0.1) is 29.1 Å². The summed E-state index contributed by atoms with van der Waals surface area (Å²) in [6.07, 6.45) is 7.44. The summed E-state index contributed by atoms with van der Waals surface area (Å²) >= 11 is 0. The maximum atomic E-state index is 13.2. The number of carbonyl (C=O) groups is 1. The molecule has 4 nitrogen and oxygen atoms in total. The Bertz CT molecular complexity index is 1910. The van der Waals surface area contributed by atoms with Crippen LogP contribution in [0.1, 0.15) is 99.1 Å². The number of rotatable bonds is 12. The van der Waals surface area contributed by atoms with Crippen LogP contribution in [0, 0.1) is 23.3 Å². The predicted octanol–water partition coefficient (Wildman–Crippen LogP) is 12.8. The molecule has 0 aliphatic heterocycles. The summed E-state index contributed by atoms with van der Waals surface area (Å²) in [6.45, 7) is 18.3. The minimum atomic E-state index is -0.357. The normalized spacial score (nSPS) is 12.3. The van der Waals surface area contributed by atoms with Gasteiger partial charge in [-0.25, -0.2) is 0 Å². The summed E-state index contributed by atoms with van der Waals surface area (Å²) in [5, 5.41) is 13.1. The first-order chi connectivity index (χ1) is 23.7. The number of hydrogen-bond acceptors (Lipinski definition) is 4. The third kappa shape index (κ3) is 10.5. The molecule has 3 aromatic carbocycles. The van der Waals surface area contributed by atoms with Crippen LogP contribution in [0.5, 0.6) is 0 Å². The zero-order valence-corrected chi connectivity index (χ0v) is 34.2. The van der Waals surface area contributed by atoms with Crippen LogP contribution in [-0.2, 0) is 36.7 Å². The van der Waals surface area contributed by atoms with Crippen LogP contribution in [0.3, 0.4) is 0 Å². The van der Waals surface area contributed by atoms with E-state index in [2.05, 4.69) is 69.3 Å². The van der Waals surface area contributed by atoms with Crippen molar-refractivity contribution in [1.82, 2.24) is 4.98 Å². The van der Waals surface area contributed by atoms with E-state index in [0.717, 1.165) is 70.2 Å². The second-order valence-electron chi connectivity index (χ2n) is 15.3. The van der Waals surface area contributed by atoms with Gasteiger partial charge in [0.15, 0.2) is 5.78 Å². The van der Waals surface area contributed by atoms with Crippen molar-refractivity contribution in [3.05, 3.63) is 102 Å². The smallest absolute Gasteiger partial charge is 0.162 e. The second-order valence-corrected chi connectivity index (χ2v) is 15.3. The molecule has 0 fully saturated rings. The average molecular weight is 869 g/mol. The molecule has 0 bridgehead atoms. The number of furan rings is 1. The van der Waals surface area contributed by atoms with Crippen molar-refractivity contribution in [1.29, 1.82) is 0 Å². The first-order valence-electron chi connectivity index (χ1n) is 18.2. The molecule has 0 saturated carbocycles. The van der Waals surface area contributed by atoms with E-state index in [9.17, 15) is 14.3 Å². The van der Waals surface area contributed by atoms with Crippen LogP contribution in [0.15, 0.2) is 89.2 Å². The number of aromatic nitrogens is 1. The van der Waals surface area contributed by atoms with Gasteiger partial charge in [0, 0.05) is 60.9 Å². The van der Waals surface area contributed by atoms with Crippen LogP contribution < -0.4 is 0 Å². The Labute approximate surface area is 318 Å². The van der Waals surface area contributed by atoms with Crippen LogP contribution in [0.25, 0.3) is 44.3 Å². The molecule has 0 aliphatic rings. The van der Waals surface area contributed by atoms with Crippen LogP contribution >= 0.6 is 0 Å². The standard InChI is InChI=1S/C32H31FNO.C13H24O2.Ir/c1-31(2,3)27-17-25(16-23-8-6-7-9-26(23)27)29-30-24(14-15-34-29)18-28(35-30)22-12-10-21(11-13-22)19-32(4,5)20-33;1-5-10(6-2)12(14)9-13(15)11(7-3)8-4;/h6-15,17-18H,19-20H2,1-5H3;9-11,14H,5-8H2,1-4H3;/q-1;;/b;12-9-;. The molecule has 1 N–H and O–H groups in total. The maximum absolute atomic E-state index is 13.2. The summed E-state index contributed by atoms with van der Waals surface area (Å²) in [5.74, 6) is 1.34. The summed E-state index contributed by atoms with van der Waals surface area (Å²) in [7, 11) is 0. The topological polar surface area (TPSA) is 63.3 Å². The molecular weight excluding hydrogens is 814 g/mol. The summed E-state index contributed by atoms with van der Waals surface area (Å²) in [5.41, 5.74) is 5.49. The quantitative estimate of drug-likeness (QED) is 0.0771. The summed E-state index contributed by atoms with van der Waals surface area (Å²) in [6, 6.07) is 26.4. The van der Waals surface area contributed by atoms with Crippen molar-refractivity contribution >= 4 is 27.5 Å². The Kier molecular flexibility index (Phi) is 15.0. The van der Waals surface area contributed by atoms with Gasteiger partial charge in [-0.2, -0.15) is 0 Å². The summed E-state index contributed by atoms with van der Waals surface area (Å²) < 4.78 is 19.6.